The molecule has 0 aromatic heterocycles. The molecule has 1 aromatic rings. The molecule has 0 saturated heterocycles. The predicted octanol–water partition coefficient (Wildman–Crippen LogP) is 0.708. The van der Waals surface area contributed by atoms with E-state index in [2.05, 4.69) is 0 Å². The number of anilines is 1. The lowest BCUT2D eigenvalue weighted by molar-refractivity contribution is 0.1000. The molecule has 0 saturated carbocycles. The van der Waals surface area contributed by atoms with Crippen LogP contribution >= 0.6 is 0 Å². The molecule has 6 nitrogen and oxygen atoms in total. The second-order valence-corrected chi connectivity index (χ2v) is 6.70. The van der Waals surface area contributed by atoms with Crippen LogP contribution in [0.1, 0.15) is 23.7 Å². The number of benzene rings is 1. The van der Waals surface area contributed by atoms with Crippen LogP contribution in [0.25, 0.3) is 0 Å². The third kappa shape index (κ3) is 2.68. The highest BCUT2D eigenvalue weighted by molar-refractivity contribution is 7.89. The number of carbonyl (C=O) groups is 1. The molecule has 0 aliphatic carbocycles. The molecule has 0 fully saturated rings. The van der Waals surface area contributed by atoms with E-state index in [9.17, 15) is 13.2 Å². The van der Waals surface area contributed by atoms with Crippen LogP contribution in [-0.4, -0.2) is 31.7 Å². The van der Waals surface area contributed by atoms with Gasteiger partial charge < -0.3 is 11.5 Å². The molecule has 0 bridgehead atoms. The highest BCUT2D eigenvalue weighted by Gasteiger charge is 2.28. The van der Waals surface area contributed by atoms with Crippen LogP contribution < -0.4 is 11.5 Å². The number of nitrogens with zero attached hydrogens (tertiary/aromatic N) is 1. The van der Waals surface area contributed by atoms with Crippen LogP contribution in [0.5, 0.6) is 0 Å². The van der Waals surface area contributed by atoms with Crippen molar-refractivity contribution in [3.05, 3.63) is 35.4 Å². The van der Waals surface area contributed by atoms with Crippen molar-refractivity contribution in [1.29, 1.82) is 0 Å². The van der Waals surface area contributed by atoms with Gasteiger partial charge in [-0.3, -0.25) is 4.79 Å². The number of carbonyl (C=O) groups excluding carboxylic acids is 1. The van der Waals surface area contributed by atoms with Gasteiger partial charge in [0.15, 0.2) is 0 Å². The largest absolute Gasteiger partial charge is 0.398 e. The molecule has 1 heterocycles. The summed E-state index contributed by atoms with van der Waals surface area (Å²) < 4.78 is 26.5. The first-order valence-electron chi connectivity index (χ1n) is 6.17. The van der Waals surface area contributed by atoms with E-state index in [0.717, 1.165) is 5.57 Å². The summed E-state index contributed by atoms with van der Waals surface area (Å²) in [5, 5.41) is 0. The molecule has 108 valence electrons. The molecular formula is C13H17N3O3S. The zero-order valence-corrected chi connectivity index (χ0v) is 12.0. The van der Waals surface area contributed by atoms with Crippen LogP contribution in [0.15, 0.2) is 34.7 Å². The molecule has 20 heavy (non-hydrogen) atoms. The van der Waals surface area contributed by atoms with Gasteiger partial charge >= 0.3 is 0 Å². The summed E-state index contributed by atoms with van der Waals surface area (Å²) in [4.78, 5) is 11.1. The minimum absolute atomic E-state index is 0.0113. The van der Waals surface area contributed by atoms with E-state index < -0.39 is 15.9 Å². The van der Waals surface area contributed by atoms with Crippen molar-refractivity contribution in [3.63, 3.8) is 0 Å². The Morgan fingerprint density at radius 3 is 2.60 bits per heavy atom. The maximum Gasteiger partial charge on any atom is 0.248 e. The minimum atomic E-state index is -3.65. The molecule has 1 aliphatic heterocycles. The third-order valence-corrected chi connectivity index (χ3v) is 5.13. The Balaban J connectivity index is 2.40. The summed E-state index contributed by atoms with van der Waals surface area (Å²) in [7, 11) is -3.65. The summed E-state index contributed by atoms with van der Waals surface area (Å²) in [6.45, 7) is 2.68. The topological polar surface area (TPSA) is 106 Å². The zero-order valence-electron chi connectivity index (χ0n) is 11.2. The molecule has 1 aromatic carbocycles. The number of hydrogen-bond donors (Lipinski definition) is 2. The van der Waals surface area contributed by atoms with Gasteiger partial charge in [-0.25, -0.2) is 8.42 Å². The lowest BCUT2D eigenvalue weighted by atomic mass is 10.2. The summed E-state index contributed by atoms with van der Waals surface area (Å²) >= 11 is 0. The van der Waals surface area contributed by atoms with Crippen molar-refractivity contribution >= 4 is 21.6 Å². The Morgan fingerprint density at radius 2 is 2.05 bits per heavy atom. The molecule has 2 rings (SSSR count). The van der Waals surface area contributed by atoms with E-state index >= 15 is 0 Å². The SMILES string of the molecule is CC1=CCCN(S(=O)(=O)c2ccc(C(N)=O)cc2N)C1. The standard InChI is InChI=1S/C13H17N3O3S/c1-9-3-2-6-16(8-9)20(18,19)12-5-4-10(13(15)17)7-11(12)14/h3-5,7H,2,6,8,14H2,1H3,(H2,15,17). The molecule has 0 radical (unpaired) electrons. The highest BCUT2D eigenvalue weighted by Crippen LogP contribution is 2.25. The van der Waals surface area contributed by atoms with Crippen molar-refractivity contribution in [1.82, 2.24) is 4.31 Å². The second kappa shape index (κ2) is 5.26. The lowest BCUT2D eigenvalue weighted by Crippen LogP contribution is -2.35. The summed E-state index contributed by atoms with van der Waals surface area (Å²) in [6.07, 6.45) is 2.70. The number of nitrogen functional groups attached to an aromatic ring is 1. The lowest BCUT2D eigenvalue weighted by Gasteiger charge is -2.26. The molecule has 1 amide bonds. The fourth-order valence-corrected chi connectivity index (χ4v) is 3.75. The second-order valence-electron chi connectivity index (χ2n) is 4.79. The van der Waals surface area contributed by atoms with Crippen molar-refractivity contribution in [2.75, 3.05) is 18.8 Å². The number of amides is 1. The number of nitrogens with two attached hydrogens (primary N) is 2. The van der Waals surface area contributed by atoms with Gasteiger partial charge in [0.05, 0.1) is 5.69 Å². The quantitative estimate of drug-likeness (QED) is 0.632. The Kier molecular flexibility index (Phi) is 3.82. The Morgan fingerprint density at radius 1 is 1.35 bits per heavy atom. The van der Waals surface area contributed by atoms with E-state index in [1.807, 2.05) is 13.0 Å². The number of primary amides is 1. The highest BCUT2D eigenvalue weighted by atomic mass is 32.2. The average Bonchev–Trinajstić information content (AvgIpc) is 2.38. The first-order valence-corrected chi connectivity index (χ1v) is 7.61. The molecule has 0 unspecified atom stereocenters. The van der Waals surface area contributed by atoms with Crippen LogP contribution in [0, 0.1) is 0 Å². The van der Waals surface area contributed by atoms with E-state index in [4.69, 9.17) is 11.5 Å². The van der Waals surface area contributed by atoms with Gasteiger partial charge in [0.2, 0.25) is 15.9 Å². The Bertz CT molecular complexity index is 680. The normalized spacial score (nSPS) is 16.8. The number of rotatable bonds is 3. The Labute approximate surface area is 118 Å². The van der Waals surface area contributed by atoms with Crippen LogP contribution in [0.4, 0.5) is 5.69 Å². The number of sulfonamides is 1. The number of hydrogen-bond acceptors (Lipinski definition) is 4. The summed E-state index contributed by atoms with van der Waals surface area (Å²) in [5.74, 6) is -0.641. The van der Waals surface area contributed by atoms with Gasteiger partial charge in [0, 0.05) is 18.7 Å². The van der Waals surface area contributed by atoms with Crippen LogP contribution in [0.3, 0.4) is 0 Å². The first kappa shape index (κ1) is 14.5. The van der Waals surface area contributed by atoms with E-state index in [1.54, 1.807) is 0 Å². The molecule has 4 N–H and O–H groups in total. The molecule has 7 heteroatoms. The molecule has 1 aliphatic rings. The van der Waals surface area contributed by atoms with Gasteiger partial charge in [0.1, 0.15) is 4.90 Å². The van der Waals surface area contributed by atoms with Crippen molar-refractivity contribution < 1.29 is 13.2 Å². The maximum absolute atomic E-state index is 12.5. The van der Waals surface area contributed by atoms with Gasteiger partial charge in [-0.1, -0.05) is 11.6 Å². The van der Waals surface area contributed by atoms with E-state index in [-0.39, 0.29) is 16.1 Å². The summed E-state index contributed by atoms with van der Waals surface area (Å²) in [6, 6.07) is 4.00. The van der Waals surface area contributed by atoms with Crippen molar-refractivity contribution in [2.24, 2.45) is 5.73 Å². The molecule has 0 spiro atoms. The van der Waals surface area contributed by atoms with E-state index in [1.165, 1.54) is 22.5 Å². The van der Waals surface area contributed by atoms with Gasteiger partial charge in [-0.15, -0.1) is 0 Å². The van der Waals surface area contributed by atoms with Crippen LogP contribution in [0.2, 0.25) is 0 Å². The van der Waals surface area contributed by atoms with Crippen LogP contribution in [-0.2, 0) is 10.0 Å². The average molecular weight is 295 g/mol. The van der Waals surface area contributed by atoms with Crippen molar-refractivity contribution in [3.8, 4) is 0 Å². The zero-order chi connectivity index (χ0) is 14.9. The molecular weight excluding hydrogens is 278 g/mol. The first-order chi connectivity index (χ1) is 9.32. The Hall–Kier alpha value is -1.86. The van der Waals surface area contributed by atoms with Gasteiger partial charge in [-0.05, 0) is 31.5 Å². The summed E-state index contributed by atoms with van der Waals surface area (Å²) in [5.41, 5.74) is 12.1. The maximum atomic E-state index is 12.5. The monoisotopic (exact) mass is 295 g/mol. The van der Waals surface area contributed by atoms with Gasteiger partial charge in [0.25, 0.3) is 0 Å². The third-order valence-electron chi connectivity index (χ3n) is 3.21. The smallest absolute Gasteiger partial charge is 0.248 e. The fourth-order valence-electron chi connectivity index (χ4n) is 2.16. The predicted molar refractivity (Wildman–Crippen MR) is 76.5 cm³/mol. The molecule has 0 atom stereocenters. The van der Waals surface area contributed by atoms with Gasteiger partial charge in [-0.2, -0.15) is 4.31 Å². The van der Waals surface area contributed by atoms with Crippen molar-refractivity contribution in [2.45, 2.75) is 18.2 Å². The van der Waals surface area contributed by atoms with E-state index in [0.29, 0.717) is 19.5 Å². The fraction of sp³-hybridized carbons (Fsp3) is 0.308. The minimum Gasteiger partial charge on any atom is -0.398 e.